The summed E-state index contributed by atoms with van der Waals surface area (Å²) in [5.74, 6) is -1.65. The Balaban J connectivity index is 2.18. The number of hydrogen-bond acceptors (Lipinski definition) is 2. The van der Waals surface area contributed by atoms with Crippen LogP contribution in [0.5, 0.6) is 0 Å². The maximum absolute atomic E-state index is 11.4. The van der Waals surface area contributed by atoms with Crippen molar-refractivity contribution in [3.63, 3.8) is 0 Å². The number of fused-ring (bicyclic) bond motifs is 1. The summed E-state index contributed by atoms with van der Waals surface area (Å²) < 4.78 is 0. The Labute approximate surface area is 113 Å². The monoisotopic (exact) mass is 260 g/mol. The molecule has 0 heterocycles. The molecule has 0 saturated carbocycles. The van der Waals surface area contributed by atoms with Gasteiger partial charge in [0, 0.05) is 0 Å². The fraction of sp³-hybridized carbons (Fsp3) is 0.467. The minimum Gasteiger partial charge on any atom is -0.361 e. The molecule has 0 saturated heterocycles. The number of nitrogens with two attached hydrogens (primary N) is 1. The molecule has 1 aliphatic carbocycles. The van der Waals surface area contributed by atoms with Crippen LogP contribution in [0.25, 0.3) is 0 Å². The van der Waals surface area contributed by atoms with Gasteiger partial charge >= 0.3 is 11.8 Å². The molecule has 0 bridgehead atoms. The number of aryl methyl sites for hydroxylation is 2. The Morgan fingerprint density at radius 2 is 1.95 bits per heavy atom. The number of amides is 2. The van der Waals surface area contributed by atoms with E-state index in [1.165, 1.54) is 24.0 Å². The molecule has 0 radical (unpaired) electrons. The zero-order valence-corrected chi connectivity index (χ0v) is 11.2. The molecule has 0 fully saturated rings. The number of rotatable bonds is 3. The number of carbonyl (C=O) groups is 2. The summed E-state index contributed by atoms with van der Waals surface area (Å²) in [6.45, 7) is 1.98. The van der Waals surface area contributed by atoms with Crippen LogP contribution in [-0.4, -0.2) is 11.8 Å². The first-order chi connectivity index (χ1) is 9.11. The van der Waals surface area contributed by atoms with Crippen molar-refractivity contribution in [2.24, 2.45) is 5.73 Å². The molecule has 1 unspecified atom stereocenters. The van der Waals surface area contributed by atoms with Gasteiger partial charge in [0.25, 0.3) is 0 Å². The molecule has 1 aromatic carbocycles. The summed E-state index contributed by atoms with van der Waals surface area (Å²) in [6.07, 6.45) is 5.45. The summed E-state index contributed by atoms with van der Waals surface area (Å²) in [4.78, 5) is 22.2. The van der Waals surface area contributed by atoms with E-state index in [4.69, 9.17) is 5.73 Å². The van der Waals surface area contributed by atoms with E-state index >= 15 is 0 Å². The molecule has 3 N–H and O–H groups in total. The smallest absolute Gasteiger partial charge is 0.309 e. The van der Waals surface area contributed by atoms with Gasteiger partial charge in [-0.2, -0.15) is 0 Å². The third kappa shape index (κ3) is 3.13. The molecule has 1 atom stereocenters. The highest BCUT2D eigenvalue weighted by atomic mass is 16.2. The van der Waals surface area contributed by atoms with E-state index in [1.807, 2.05) is 13.0 Å². The summed E-state index contributed by atoms with van der Waals surface area (Å²) >= 11 is 0. The maximum Gasteiger partial charge on any atom is 0.309 e. The van der Waals surface area contributed by atoms with Crippen molar-refractivity contribution >= 4 is 11.8 Å². The lowest BCUT2D eigenvalue weighted by atomic mass is 9.89. The molecule has 2 rings (SSSR count). The van der Waals surface area contributed by atoms with Crippen molar-refractivity contribution in [1.82, 2.24) is 5.32 Å². The van der Waals surface area contributed by atoms with Gasteiger partial charge < -0.3 is 11.1 Å². The van der Waals surface area contributed by atoms with Crippen LogP contribution < -0.4 is 11.1 Å². The van der Waals surface area contributed by atoms with Gasteiger partial charge in [-0.3, -0.25) is 9.59 Å². The first-order valence-corrected chi connectivity index (χ1v) is 6.83. The van der Waals surface area contributed by atoms with E-state index in [-0.39, 0.29) is 6.04 Å². The van der Waals surface area contributed by atoms with E-state index in [9.17, 15) is 9.59 Å². The standard InChI is InChI=1S/C15H20N2O2/c1-2-13(17-15(19)14(16)18)12-8-7-10-5-3-4-6-11(10)9-12/h7-9,13H,2-6H2,1H3,(H2,16,18)(H,17,19). The third-order valence-corrected chi connectivity index (χ3v) is 3.71. The predicted molar refractivity (Wildman–Crippen MR) is 73.5 cm³/mol. The van der Waals surface area contributed by atoms with E-state index in [0.29, 0.717) is 0 Å². The van der Waals surface area contributed by atoms with Crippen LogP contribution >= 0.6 is 0 Å². The fourth-order valence-electron chi connectivity index (χ4n) is 2.62. The summed E-state index contributed by atoms with van der Waals surface area (Å²) in [5.41, 5.74) is 8.81. The Hall–Kier alpha value is -1.84. The van der Waals surface area contributed by atoms with Crippen molar-refractivity contribution in [1.29, 1.82) is 0 Å². The molecule has 4 heteroatoms. The van der Waals surface area contributed by atoms with Crippen LogP contribution in [0.3, 0.4) is 0 Å². The molecule has 1 aliphatic rings. The first-order valence-electron chi connectivity index (χ1n) is 6.83. The van der Waals surface area contributed by atoms with Crippen LogP contribution in [-0.2, 0) is 22.4 Å². The highest BCUT2D eigenvalue weighted by Gasteiger charge is 2.18. The number of benzene rings is 1. The Bertz CT molecular complexity index is 497. The maximum atomic E-state index is 11.4. The van der Waals surface area contributed by atoms with E-state index in [2.05, 4.69) is 17.4 Å². The highest BCUT2D eigenvalue weighted by Crippen LogP contribution is 2.25. The number of primary amides is 1. The van der Waals surface area contributed by atoms with Crippen molar-refractivity contribution in [2.45, 2.75) is 45.1 Å². The van der Waals surface area contributed by atoms with Gasteiger partial charge in [-0.25, -0.2) is 0 Å². The fourth-order valence-corrected chi connectivity index (χ4v) is 2.62. The molecule has 0 aromatic heterocycles. The Morgan fingerprint density at radius 3 is 2.58 bits per heavy atom. The minimum absolute atomic E-state index is 0.146. The number of nitrogens with one attached hydrogen (secondary N) is 1. The van der Waals surface area contributed by atoms with Crippen LogP contribution in [0, 0.1) is 0 Å². The van der Waals surface area contributed by atoms with Gasteiger partial charge in [0.15, 0.2) is 0 Å². The van der Waals surface area contributed by atoms with E-state index < -0.39 is 11.8 Å². The summed E-state index contributed by atoms with van der Waals surface area (Å²) in [5, 5.41) is 2.68. The number of hydrogen-bond donors (Lipinski definition) is 2. The second-order valence-electron chi connectivity index (χ2n) is 5.03. The molecule has 1 aromatic rings. The predicted octanol–water partition coefficient (Wildman–Crippen LogP) is 1.62. The number of carbonyl (C=O) groups excluding carboxylic acids is 2. The average molecular weight is 260 g/mol. The Kier molecular flexibility index (Phi) is 4.20. The molecule has 19 heavy (non-hydrogen) atoms. The van der Waals surface area contributed by atoms with Crippen molar-refractivity contribution in [3.05, 3.63) is 34.9 Å². The van der Waals surface area contributed by atoms with Gasteiger partial charge in [-0.05, 0) is 48.8 Å². The SMILES string of the molecule is CCC(NC(=O)C(N)=O)c1ccc2c(c1)CCCC2. The summed E-state index contributed by atoms with van der Waals surface area (Å²) in [7, 11) is 0. The van der Waals surface area contributed by atoms with E-state index in [1.54, 1.807) is 0 Å². The van der Waals surface area contributed by atoms with Gasteiger partial charge in [0.2, 0.25) is 0 Å². The van der Waals surface area contributed by atoms with Crippen LogP contribution in [0.15, 0.2) is 18.2 Å². The normalized spacial score (nSPS) is 15.4. The topological polar surface area (TPSA) is 72.2 Å². The molecule has 0 spiro atoms. The molecule has 0 aliphatic heterocycles. The van der Waals surface area contributed by atoms with Gasteiger partial charge in [-0.1, -0.05) is 25.1 Å². The lowest BCUT2D eigenvalue weighted by Crippen LogP contribution is -2.38. The van der Waals surface area contributed by atoms with Crippen LogP contribution in [0.4, 0.5) is 0 Å². The lowest BCUT2D eigenvalue weighted by molar-refractivity contribution is -0.137. The van der Waals surface area contributed by atoms with Crippen molar-refractivity contribution in [3.8, 4) is 0 Å². The van der Waals surface area contributed by atoms with Gasteiger partial charge in [0.1, 0.15) is 0 Å². The highest BCUT2D eigenvalue weighted by molar-refractivity contribution is 6.34. The molecule has 4 nitrogen and oxygen atoms in total. The van der Waals surface area contributed by atoms with Crippen molar-refractivity contribution in [2.75, 3.05) is 0 Å². The van der Waals surface area contributed by atoms with Crippen molar-refractivity contribution < 1.29 is 9.59 Å². The molecular weight excluding hydrogens is 240 g/mol. The second kappa shape index (κ2) is 5.87. The molecule has 102 valence electrons. The largest absolute Gasteiger partial charge is 0.361 e. The van der Waals surface area contributed by atoms with Crippen LogP contribution in [0.1, 0.15) is 48.9 Å². The first kappa shape index (κ1) is 13.6. The zero-order valence-electron chi connectivity index (χ0n) is 11.2. The zero-order chi connectivity index (χ0) is 13.8. The Morgan fingerprint density at radius 1 is 1.26 bits per heavy atom. The lowest BCUT2D eigenvalue weighted by Gasteiger charge is -2.21. The molecule has 2 amide bonds. The second-order valence-corrected chi connectivity index (χ2v) is 5.03. The third-order valence-electron chi connectivity index (χ3n) is 3.71. The average Bonchev–Trinajstić information content (AvgIpc) is 2.43. The van der Waals surface area contributed by atoms with Gasteiger partial charge in [-0.15, -0.1) is 0 Å². The molecular formula is C15H20N2O2. The summed E-state index contributed by atoms with van der Waals surface area (Å²) in [6, 6.07) is 6.19. The quantitative estimate of drug-likeness (QED) is 0.811. The van der Waals surface area contributed by atoms with Crippen LogP contribution in [0.2, 0.25) is 0 Å². The van der Waals surface area contributed by atoms with Gasteiger partial charge in [0.05, 0.1) is 6.04 Å². The minimum atomic E-state index is -0.934. The van der Waals surface area contributed by atoms with E-state index in [0.717, 1.165) is 24.8 Å².